The number of methoxy groups -OCH3 is 2. The Balaban J connectivity index is 4.47. The second kappa shape index (κ2) is 8.87. The number of esters is 2. The van der Waals surface area contributed by atoms with Gasteiger partial charge in [0.2, 0.25) is 0 Å². The molecule has 1 unspecified atom stereocenters. The zero-order chi connectivity index (χ0) is 14.9. The molecule has 0 bridgehead atoms. The molecule has 0 radical (unpaired) electrons. The molecule has 0 saturated heterocycles. The number of hydrogen-bond donors (Lipinski definition) is 0. The van der Waals surface area contributed by atoms with Crippen molar-refractivity contribution in [2.75, 3.05) is 27.6 Å². The number of ether oxygens (including phenoxy) is 4. The van der Waals surface area contributed by atoms with Gasteiger partial charge in [-0.15, -0.1) is 0 Å². The number of rotatable bonds is 9. The van der Waals surface area contributed by atoms with E-state index in [9.17, 15) is 9.59 Å². The molecule has 1 atom stereocenters. The molecule has 0 aromatic rings. The summed E-state index contributed by atoms with van der Waals surface area (Å²) in [5, 5.41) is 0. The van der Waals surface area contributed by atoms with Gasteiger partial charge in [0, 0.05) is 7.11 Å². The lowest BCUT2D eigenvalue weighted by Gasteiger charge is -2.24. The van der Waals surface area contributed by atoms with Gasteiger partial charge in [-0.05, 0) is 20.3 Å². The summed E-state index contributed by atoms with van der Waals surface area (Å²) in [6.45, 7) is 5.65. The van der Waals surface area contributed by atoms with E-state index < -0.39 is 17.5 Å². The SMILES string of the molecule is CCC(C)(C)C(=O)OC(COCOC)CC(=O)OC. The molecule has 0 aliphatic rings. The van der Waals surface area contributed by atoms with Gasteiger partial charge < -0.3 is 18.9 Å². The van der Waals surface area contributed by atoms with E-state index in [1.54, 1.807) is 13.8 Å². The van der Waals surface area contributed by atoms with Gasteiger partial charge in [0.1, 0.15) is 12.9 Å². The average Bonchev–Trinajstić information content (AvgIpc) is 2.38. The number of carbonyl (C=O) groups is 2. The smallest absolute Gasteiger partial charge is 0.311 e. The molecule has 112 valence electrons. The first-order valence-corrected chi connectivity index (χ1v) is 6.22. The van der Waals surface area contributed by atoms with Crippen LogP contribution in [0.5, 0.6) is 0 Å². The van der Waals surface area contributed by atoms with Crippen molar-refractivity contribution in [1.29, 1.82) is 0 Å². The molecule has 0 heterocycles. The van der Waals surface area contributed by atoms with Crippen molar-refractivity contribution in [1.82, 2.24) is 0 Å². The van der Waals surface area contributed by atoms with Crippen LogP contribution in [0.4, 0.5) is 0 Å². The molecular weight excluding hydrogens is 252 g/mol. The fourth-order valence-electron chi connectivity index (χ4n) is 1.12. The minimum atomic E-state index is -0.666. The summed E-state index contributed by atoms with van der Waals surface area (Å²) >= 11 is 0. The Morgan fingerprint density at radius 2 is 1.84 bits per heavy atom. The monoisotopic (exact) mass is 276 g/mol. The van der Waals surface area contributed by atoms with Crippen molar-refractivity contribution in [2.24, 2.45) is 5.41 Å². The quantitative estimate of drug-likeness (QED) is 0.361. The topological polar surface area (TPSA) is 71.1 Å². The fraction of sp³-hybridized carbons (Fsp3) is 0.846. The van der Waals surface area contributed by atoms with Gasteiger partial charge in [0.25, 0.3) is 0 Å². The van der Waals surface area contributed by atoms with Crippen molar-refractivity contribution in [3.05, 3.63) is 0 Å². The maximum Gasteiger partial charge on any atom is 0.311 e. The highest BCUT2D eigenvalue weighted by Crippen LogP contribution is 2.22. The first-order chi connectivity index (χ1) is 8.87. The van der Waals surface area contributed by atoms with Crippen LogP contribution in [0.25, 0.3) is 0 Å². The summed E-state index contributed by atoms with van der Waals surface area (Å²) in [4.78, 5) is 23.2. The standard InChI is InChI=1S/C13H24O6/c1-6-13(2,3)12(15)19-10(7-11(14)17-5)8-18-9-16-4/h10H,6-9H2,1-5H3. The van der Waals surface area contributed by atoms with Crippen LogP contribution in [-0.2, 0) is 28.5 Å². The Morgan fingerprint density at radius 3 is 2.32 bits per heavy atom. The Labute approximate surface area is 114 Å². The minimum Gasteiger partial charge on any atom is -0.469 e. The Bertz CT molecular complexity index is 287. The Hall–Kier alpha value is -1.14. The lowest BCUT2D eigenvalue weighted by Crippen LogP contribution is -2.34. The summed E-state index contributed by atoms with van der Waals surface area (Å²) in [6.07, 6.45) is -0.0533. The molecule has 6 nitrogen and oxygen atoms in total. The van der Waals surface area contributed by atoms with Gasteiger partial charge >= 0.3 is 11.9 Å². The van der Waals surface area contributed by atoms with Gasteiger partial charge in [-0.3, -0.25) is 9.59 Å². The van der Waals surface area contributed by atoms with E-state index in [-0.39, 0.29) is 25.8 Å². The van der Waals surface area contributed by atoms with Gasteiger partial charge in [0.05, 0.1) is 25.6 Å². The molecule has 0 spiro atoms. The summed E-state index contributed by atoms with van der Waals surface area (Å²) < 4.78 is 19.7. The predicted molar refractivity (Wildman–Crippen MR) is 68.4 cm³/mol. The molecule has 0 saturated carbocycles. The molecular formula is C13H24O6. The zero-order valence-corrected chi connectivity index (χ0v) is 12.4. The second-order valence-corrected chi connectivity index (χ2v) is 4.82. The summed E-state index contributed by atoms with van der Waals surface area (Å²) in [6, 6.07) is 0. The summed E-state index contributed by atoms with van der Waals surface area (Å²) in [7, 11) is 2.77. The molecule has 19 heavy (non-hydrogen) atoms. The highest BCUT2D eigenvalue weighted by Gasteiger charge is 2.30. The largest absolute Gasteiger partial charge is 0.469 e. The molecule has 0 fully saturated rings. The molecule has 0 aliphatic carbocycles. The van der Waals surface area contributed by atoms with Crippen LogP contribution in [0.1, 0.15) is 33.6 Å². The third kappa shape index (κ3) is 7.12. The Morgan fingerprint density at radius 1 is 1.21 bits per heavy atom. The van der Waals surface area contributed by atoms with E-state index in [4.69, 9.17) is 14.2 Å². The van der Waals surface area contributed by atoms with Crippen LogP contribution >= 0.6 is 0 Å². The van der Waals surface area contributed by atoms with E-state index >= 15 is 0 Å². The highest BCUT2D eigenvalue weighted by molar-refractivity contribution is 5.76. The molecule has 0 rings (SSSR count). The molecule has 0 amide bonds. The van der Waals surface area contributed by atoms with Gasteiger partial charge in [-0.1, -0.05) is 6.92 Å². The lowest BCUT2D eigenvalue weighted by molar-refractivity contribution is -0.168. The highest BCUT2D eigenvalue weighted by atomic mass is 16.7. The van der Waals surface area contributed by atoms with E-state index in [2.05, 4.69) is 4.74 Å². The molecule has 6 heteroatoms. The van der Waals surface area contributed by atoms with Crippen LogP contribution in [0.2, 0.25) is 0 Å². The van der Waals surface area contributed by atoms with Gasteiger partial charge in [-0.2, -0.15) is 0 Å². The van der Waals surface area contributed by atoms with E-state index in [0.717, 1.165) is 0 Å². The first-order valence-electron chi connectivity index (χ1n) is 6.22. The van der Waals surface area contributed by atoms with Crippen molar-refractivity contribution in [3.8, 4) is 0 Å². The molecule has 0 aromatic carbocycles. The number of hydrogen-bond acceptors (Lipinski definition) is 6. The van der Waals surface area contributed by atoms with Crippen molar-refractivity contribution in [2.45, 2.75) is 39.7 Å². The van der Waals surface area contributed by atoms with E-state index in [1.165, 1.54) is 14.2 Å². The van der Waals surface area contributed by atoms with E-state index in [1.807, 2.05) is 6.92 Å². The molecule has 0 N–H and O–H groups in total. The van der Waals surface area contributed by atoms with Crippen molar-refractivity contribution >= 4 is 11.9 Å². The number of carbonyl (C=O) groups excluding carboxylic acids is 2. The van der Waals surface area contributed by atoms with Crippen LogP contribution in [0.3, 0.4) is 0 Å². The normalized spacial score (nSPS) is 12.9. The van der Waals surface area contributed by atoms with Gasteiger partial charge in [0.15, 0.2) is 0 Å². The van der Waals surface area contributed by atoms with Crippen LogP contribution in [0.15, 0.2) is 0 Å². The summed E-state index contributed by atoms with van der Waals surface area (Å²) in [5.74, 6) is -0.807. The third-order valence-corrected chi connectivity index (χ3v) is 2.84. The maximum atomic E-state index is 11.9. The molecule has 0 aliphatic heterocycles. The predicted octanol–water partition coefficient (Wildman–Crippen LogP) is 1.52. The fourth-order valence-corrected chi connectivity index (χ4v) is 1.12. The minimum absolute atomic E-state index is 0.0360. The lowest BCUT2D eigenvalue weighted by atomic mass is 9.90. The zero-order valence-electron chi connectivity index (χ0n) is 12.4. The molecule has 0 aromatic heterocycles. The van der Waals surface area contributed by atoms with Crippen molar-refractivity contribution in [3.63, 3.8) is 0 Å². The Kier molecular flexibility index (Phi) is 8.34. The average molecular weight is 276 g/mol. The first kappa shape index (κ1) is 17.9. The van der Waals surface area contributed by atoms with Crippen LogP contribution in [-0.4, -0.2) is 45.7 Å². The maximum absolute atomic E-state index is 11.9. The third-order valence-electron chi connectivity index (χ3n) is 2.84. The summed E-state index contributed by atoms with van der Waals surface area (Å²) in [5.41, 5.74) is -0.588. The van der Waals surface area contributed by atoms with Crippen LogP contribution in [0, 0.1) is 5.41 Å². The van der Waals surface area contributed by atoms with Gasteiger partial charge in [-0.25, -0.2) is 0 Å². The van der Waals surface area contributed by atoms with Crippen molar-refractivity contribution < 1.29 is 28.5 Å². The second-order valence-electron chi connectivity index (χ2n) is 4.82. The van der Waals surface area contributed by atoms with E-state index in [0.29, 0.717) is 6.42 Å². The van der Waals surface area contributed by atoms with Crippen LogP contribution < -0.4 is 0 Å².